The Kier molecular flexibility index (Phi) is 3.83. The van der Waals surface area contributed by atoms with E-state index >= 15 is 0 Å². The van der Waals surface area contributed by atoms with Gasteiger partial charge < -0.3 is 16.0 Å². The minimum Gasteiger partial charge on any atom is -0.375 e. The molecular weight excluding hydrogens is 354 g/mol. The predicted octanol–water partition coefficient (Wildman–Crippen LogP) is 0.964. The van der Waals surface area contributed by atoms with E-state index in [-0.39, 0.29) is 17.8 Å². The number of likely N-dealkylation sites (N-methyl/N-ethyl adjacent to an activating group) is 1. The quantitative estimate of drug-likeness (QED) is 0.763. The molecule has 0 aliphatic carbocycles. The molecule has 3 N–H and O–H groups in total. The molecule has 2 fully saturated rings. The van der Waals surface area contributed by atoms with E-state index in [4.69, 9.17) is 5.73 Å². The molecule has 2 aliphatic rings. The van der Waals surface area contributed by atoms with E-state index in [0.29, 0.717) is 37.5 Å². The van der Waals surface area contributed by atoms with Gasteiger partial charge in [0.2, 0.25) is 5.91 Å². The van der Waals surface area contributed by atoms with Crippen LogP contribution in [-0.2, 0) is 16.0 Å². The topological polar surface area (TPSA) is 109 Å². The molecule has 4 rings (SSSR count). The van der Waals surface area contributed by atoms with E-state index in [9.17, 15) is 14.4 Å². The maximum Gasteiger partial charge on any atom is 0.324 e. The molecular formula is C17H19N5O3S. The van der Waals surface area contributed by atoms with Crippen LogP contribution in [0.25, 0.3) is 10.2 Å². The summed E-state index contributed by atoms with van der Waals surface area (Å²) in [5, 5.41) is 3.29. The molecule has 9 heteroatoms. The molecule has 0 bridgehead atoms. The number of benzene rings is 1. The first-order valence-corrected chi connectivity index (χ1v) is 9.23. The molecule has 8 nitrogen and oxygen atoms in total. The van der Waals surface area contributed by atoms with Crippen molar-refractivity contribution in [3.8, 4) is 0 Å². The molecule has 2 saturated heterocycles. The Labute approximate surface area is 154 Å². The first-order chi connectivity index (χ1) is 12.4. The van der Waals surface area contributed by atoms with Crippen molar-refractivity contribution in [2.24, 2.45) is 0 Å². The summed E-state index contributed by atoms with van der Waals surface area (Å²) in [6, 6.07) is 5.34. The third-order valence-electron chi connectivity index (χ3n) is 5.16. The van der Waals surface area contributed by atoms with Gasteiger partial charge in [0.25, 0.3) is 5.91 Å². The third kappa shape index (κ3) is 2.68. The lowest BCUT2D eigenvalue weighted by molar-refractivity contribution is -0.137. The fourth-order valence-corrected chi connectivity index (χ4v) is 4.41. The molecule has 2 aliphatic heterocycles. The van der Waals surface area contributed by atoms with Gasteiger partial charge in [-0.05, 0) is 30.5 Å². The van der Waals surface area contributed by atoms with Gasteiger partial charge in [-0.1, -0.05) is 17.4 Å². The minimum atomic E-state index is -0.846. The molecule has 1 spiro atoms. The maximum absolute atomic E-state index is 12.6. The van der Waals surface area contributed by atoms with Crippen LogP contribution in [0.1, 0.15) is 18.4 Å². The van der Waals surface area contributed by atoms with Gasteiger partial charge in [0.15, 0.2) is 5.13 Å². The van der Waals surface area contributed by atoms with Gasteiger partial charge in [-0.25, -0.2) is 9.78 Å². The molecule has 2 aromatic rings. The summed E-state index contributed by atoms with van der Waals surface area (Å²) < 4.78 is 0.965. The van der Waals surface area contributed by atoms with Crippen molar-refractivity contribution in [3.63, 3.8) is 0 Å². The van der Waals surface area contributed by atoms with Crippen LogP contribution in [0, 0.1) is 0 Å². The number of urea groups is 1. The highest BCUT2D eigenvalue weighted by Crippen LogP contribution is 2.29. The number of carbonyl (C=O) groups is 3. The molecule has 26 heavy (non-hydrogen) atoms. The number of rotatable bonds is 2. The third-order valence-corrected chi connectivity index (χ3v) is 6.01. The Morgan fingerprint density at radius 2 is 2.08 bits per heavy atom. The summed E-state index contributed by atoms with van der Waals surface area (Å²) in [7, 11) is 1.48. The lowest BCUT2D eigenvalue weighted by Crippen LogP contribution is -2.56. The number of nitrogens with one attached hydrogen (secondary N) is 1. The minimum absolute atomic E-state index is 0.0156. The fourth-order valence-electron chi connectivity index (χ4n) is 3.62. The van der Waals surface area contributed by atoms with E-state index in [1.165, 1.54) is 18.4 Å². The number of likely N-dealkylation sites (tertiary alicyclic amines) is 1. The number of nitrogens with zero attached hydrogens (tertiary/aromatic N) is 3. The van der Waals surface area contributed by atoms with Crippen LogP contribution in [-0.4, -0.2) is 58.3 Å². The molecule has 3 heterocycles. The number of aromatic nitrogens is 1. The second-order valence-corrected chi connectivity index (χ2v) is 7.85. The van der Waals surface area contributed by atoms with Gasteiger partial charge in [0.1, 0.15) is 5.54 Å². The van der Waals surface area contributed by atoms with Gasteiger partial charge in [0.05, 0.1) is 16.6 Å². The Bertz CT molecular complexity index is 916. The number of imide groups is 1. The van der Waals surface area contributed by atoms with E-state index in [2.05, 4.69) is 10.3 Å². The largest absolute Gasteiger partial charge is 0.375 e. The Morgan fingerprint density at radius 3 is 2.73 bits per heavy atom. The molecule has 0 unspecified atom stereocenters. The van der Waals surface area contributed by atoms with Crippen LogP contribution in [0.15, 0.2) is 18.2 Å². The van der Waals surface area contributed by atoms with Gasteiger partial charge >= 0.3 is 6.03 Å². The number of carbonyl (C=O) groups excluding carboxylic acids is 3. The van der Waals surface area contributed by atoms with Crippen LogP contribution in [0.5, 0.6) is 0 Å². The summed E-state index contributed by atoms with van der Waals surface area (Å²) in [6.45, 7) is 0.906. The Morgan fingerprint density at radius 1 is 1.35 bits per heavy atom. The number of anilines is 1. The first kappa shape index (κ1) is 16.8. The number of hydrogen-bond acceptors (Lipinski definition) is 6. The normalized spacial score (nSPS) is 19.4. The van der Waals surface area contributed by atoms with Crippen molar-refractivity contribution in [2.75, 3.05) is 25.9 Å². The highest BCUT2D eigenvalue weighted by atomic mass is 32.1. The lowest BCUT2D eigenvalue weighted by atomic mass is 9.87. The zero-order chi connectivity index (χ0) is 18.5. The SMILES string of the molecule is CN1C(=O)NC2(CCN(C(=O)Cc3ccc4nc(N)sc4c3)CC2)C1=O. The number of amides is 4. The van der Waals surface area contributed by atoms with Crippen molar-refractivity contribution in [3.05, 3.63) is 23.8 Å². The summed E-state index contributed by atoms with van der Waals surface area (Å²) in [5.74, 6) is -0.190. The van der Waals surface area contributed by atoms with E-state index in [0.717, 1.165) is 20.7 Å². The smallest absolute Gasteiger partial charge is 0.324 e. The van der Waals surface area contributed by atoms with Crippen molar-refractivity contribution < 1.29 is 14.4 Å². The van der Waals surface area contributed by atoms with Crippen molar-refractivity contribution in [1.82, 2.24) is 20.1 Å². The van der Waals surface area contributed by atoms with Gasteiger partial charge in [-0.2, -0.15) is 0 Å². The highest BCUT2D eigenvalue weighted by Gasteiger charge is 2.51. The summed E-state index contributed by atoms with van der Waals surface area (Å²) in [4.78, 5) is 43.8. The predicted molar refractivity (Wildman–Crippen MR) is 97.6 cm³/mol. The molecule has 136 valence electrons. The lowest BCUT2D eigenvalue weighted by Gasteiger charge is -2.37. The second kappa shape index (κ2) is 5.94. The average Bonchev–Trinajstić information content (AvgIpc) is 3.08. The fraction of sp³-hybridized carbons (Fsp3) is 0.412. The Balaban J connectivity index is 1.42. The van der Waals surface area contributed by atoms with Crippen LogP contribution in [0.2, 0.25) is 0 Å². The van der Waals surface area contributed by atoms with Crippen molar-refractivity contribution in [2.45, 2.75) is 24.8 Å². The Hall–Kier alpha value is -2.68. The van der Waals surface area contributed by atoms with Crippen LogP contribution in [0.4, 0.5) is 9.93 Å². The number of hydrogen-bond donors (Lipinski definition) is 2. The second-order valence-electron chi connectivity index (χ2n) is 6.79. The monoisotopic (exact) mass is 373 g/mol. The van der Waals surface area contributed by atoms with Gasteiger partial charge in [-0.15, -0.1) is 0 Å². The summed E-state index contributed by atoms with van der Waals surface area (Å²) >= 11 is 1.40. The average molecular weight is 373 g/mol. The zero-order valence-electron chi connectivity index (χ0n) is 14.3. The van der Waals surface area contributed by atoms with E-state index in [1.54, 1.807) is 4.90 Å². The van der Waals surface area contributed by atoms with Crippen LogP contribution in [0.3, 0.4) is 0 Å². The zero-order valence-corrected chi connectivity index (χ0v) is 15.1. The van der Waals surface area contributed by atoms with Gasteiger partial charge in [-0.3, -0.25) is 14.5 Å². The number of piperidine rings is 1. The molecule has 1 aromatic heterocycles. The van der Waals surface area contributed by atoms with Crippen molar-refractivity contribution in [1.29, 1.82) is 0 Å². The van der Waals surface area contributed by atoms with Crippen LogP contribution >= 0.6 is 11.3 Å². The van der Waals surface area contributed by atoms with E-state index in [1.807, 2.05) is 18.2 Å². The molecule has 0 saturated carbocycles. The summed E-state index contributed by atoms with van der Waals surface area (Å²) in [6.07, 6.45) is 1.18. The molecule has 0 radical (unpaired) electrons. The number of thiazole rings is 1. The highest BCUT2D eigenvalue weighted by molar-refractivity contribution is 7.22. The summed E-state index contributed by atoms with van der Waals surface area (Å²) in [5.41, 5.74) is 6.62. The molecule has 4 amide bonds. The van der Waals surface area contributed by atoms with Crippen LogP contribution < -0.4 is 11.1 Å². The first-order valence-electron chi connectivity index (χ1n) is 8.41. The number of nitrogens with two attached hydrogens (primary N) is 1. The standard InChI is InChI=1S/C17H19N5O3S/c1-21-14(24)17(20-16(21)25)4-6-22(7-5-17)13(23)9-10-2-3-11-12(8-10)26-15(18)19-11/h2-3,8H,4-7,9H2,1H3,(H2,18,19)(H,20,25). The molecule has 0 atom stereocenters. The van der Waals surface area contributed by atoms with Gasteiger partial charge in [0, 0.05) is 20.1 Å². The maximum atomic E-state index is 12.6. The molecule has 1 aromatic carbocycles. The number of nitrogen functional groups attached to an aromatic ring is 1. The number of fused-ring (bicyclic) bond motifs is 1. The van der Waals surface area contributed by atoms with E-state index < -0.39 is 5.54 Å². The van der Waals surface area contributed by atoms with Crippen molar-refractivity contribution >= 4 is 44.5 Å².